The summed E-state index contributed by atoms with van der Waals surface area (Å²) >= 11 is 0. The second-order valence-electron chi connectivity index (χ2n) is 7.98. The Hall–Kier alpha value is -3.71. The van der Waals surface area contributed by atoms with Gasteiger partial charge in [-0.1, -0.05) is 36.4 Å². The lowest BCUT2D eigenvalue weighted by molar-refractivity contribution is -0.200. The molecule has 1 atom stereocenters. The van der Waals surface area contributed by atoms with Crippen LogP contribution in [-0.2, 0) is 6.54 Å². The maximum absolute atomic E-state index is 13.2. The first-order valence-corrected chi connectivity index (χ1v) is 10.8. The Labute approximate surface area is 195 Å². The third-order valence-electron chi connectivity index (χ3n) is 5.39. The van der Waals surface area contributed by atoms with Crippen LogP contribution in [0.5, 0.6) is 11.5 Å². The Balaban J connectivity index is 1.64. The average Bonchev–Trinajstić information content (AvgIpc) is 3.35. The normalized spacial score (nSPS) is 12.4. The van der Waals surface area contributed by atoms with E-state index >= 15 is 0 Å². The van der Waals surface area contributed by atoms with Crippen LogP contribution in [0, 0.1) is 6.92 Å². The Kier molecular flexibility index (Phi) is 6.93. The standard InChI is InChI=1S/C27H24F3NO3/c1-19-12-13-20(15-24(19)25-11-6-14-33-25)17-31(18-26(32)27(28,29)30)21-7-5-10-23(16-21)34-22-8-3-2-4-9-22/h2-16,26,32H,17-18H2,1H3. The summed E-state index contributed by atoms with van der Waals surface area (Å²) in [7, 11) is 0. The van der Waals surface area contributed by atoms with E-state index in [2.05, 4.69) is 0 Å². The highest BCUT2D eigenvalue weighted by molar-refractivity contribution is 5.63. The topological polar surface area (TPSA) is 45.8 Å². The summed E-state index contributed by atoms with van der Waals surface area (Å²) in [4.78, 5) is 1.49. The number of hydrogen-bond donors (Lipinski definition) is 1. The second-order valence-corrected chi connectivity index (χ2v) is 7.98. The van der Waals surface area contributed by atoms with Crippen LogP contribution in [0.4, 0.5) is 18.9 Å². The maximum Gasteiger partial charge on any atom is 0.416 e. The zero-order chi connectivity index (χ0) is 24.1. The molecule has 4 rings (SSSR count). The maximum atomic E-state index is 13.2. The van der Waals surface area contributed by atoms with E-state index in [0.717, 1.165) is 16.7 Å². The number of furan rings is 1. The van der Waals surface area contributed by atoms with Gasteiger partial charge in [0.05, 0.1) is 12.8 Å². The molecule has 1 aromatic heterocycles. The second kappa shape index (κ2) is 10.1. The number of halogens is 3. The average molecular weight is 467 g/mol. The van der Waals surface area contributed by atoms with Gasteiger partial charge in [-0.25, -0.2) is 0 Å². The largest absolute Gasteiger partial charge is 0.464 e. The number of rotatable bonds is 8. The molecule has 0 aliphatic rings. The van der Waals surface area contributed by atoms with Crippen molar-refractivity contribution in [1.82, 2.24) is 0 Å². The number of aliphatic hydroxyl groups excluding tert-OH is 1. The monoisotopic (exact) mass is 467 g/mol. The van der Waals surface area contributed by atoms with Crippen LogP contribution in [0.2, 0.25) is 0 Å². The lowest BCUT2D eigenvalue weighted by Crippen LogP contribution is -2.40. The van der Waals surface area contributed by atoms with Crippen molar-refractivity contribution in [2.75, 3.05) is 11.4 Å². The van der Waals surface area contributed by atoms with E-state index in [4.69, 9.17) is 9.15 Å². The fourth-order valence-electron chi connectivity index (χ4n) is 3.63. The van der Waals surface area contributed by atoms with Gasteiger partial charge in [0.1, 0.15) is 17.3 Å². The molecule has 0 radical (unpaired) electrons. The minimum atomic E-state index is -4.73. The highest BCUT2D eigenvalue weighted by Crippen LogP contribution is 2.31. The number of para-hydroxylation sites is 1. The molecule has 4 nitrogen and oxygen atoms in total. The van der Waals surface area contributed by atoms with Gasteiger partial charge in [0.25, 0.3) is 0 Å². The van der Waals surface area contributed by atoms with Crippen LogP contribution in [0.1, 0.15) is 11.1 Å². The predicted octanol–water partition coefficient (Wildman–Crippen LogP) is 6.98. The summed E-state index contributed by atoms with van der Waals surface area (Å²) in [6.45, 7) is 1.47. The molecule has 0 spiro atoms. The van der Waals surface area contributed by atoms with Crippen molar-refractivity contribution in [1.29, 1.82) is 0 Å². The van der Waals surface area contributed by atoms with Crippen molar-refractivity contribution < 1.29 is 27.4 Å². The van der Waals surface area contributed by atoms with Crippen molar-refractivity contribution in [2.45, 2.75) is 25.7 Å². The van der Waals surface area contributed by atoms with Gasteiger partial charge in [0, 0.05) is 23.9 Å². The number of benzene rings is 3. The summed E-state index contributed by atoms with van der Waals surface area (Å²) < 4.78 is 51.0. The molecule has 1 N–H and O–H groups in total. The van der Waals surface area contributed by atoms with E-state index in [-0.39, 0.29) is 6.54 Å². The number of hydrogen-bond acceptors (Lipinski definition) is 4. The van der Waals surface area contributed by atoms with Crippen molar-refractivity contribution in [3.05, 3.63) is 102 Å². The van der Waals surface area contributed by atoms with E-state index < -0.39 is 18.8 Å². The fraction of sp³-hybridized carbons (Fsp3) is 0.185. The molecule has 0 aliphatic heterocycles. The third kappa shape index (κ3) is 5.80. The minimum Gasteiger partial charge on any atom is -0.464 e. The van der Waals surface area contributed by atoms with Crippen LogP contribution in [0.25, 0.3) is 11.3 Å². The quantitative estimate of drug-likeness (QED) is 0.304. The zero-order valence-electron chi connectivity index (χ0n) is 18.5. The van der Waals surface area contributed by atoms with Crippen molar-refractivity contribution in [3.63, 3.8) is 0 Å². The molecule has 34 heavy (non-hydrogen) atoms. The molecule has 3 aromatic carbocycles. The molecule has 0 saturated heterocycles. The summed E-state index contributed by atoms with van der Waals surface area (Å²) in [5.41, 5.74) is 3.12. The minimum absolute atomic E-state index is 0.149. The summed E-state index contributed by atoms with van der Waals surface area (Å²) in [6.07, 6.45) is -5.66. The van der Waals surface area contributed by atoms with Gasteiger partial charge in [0.2, 0.25) is 0 Å². The Morgan fingerprint density at radius 2 is 1.68 bits per heavy atom. The molecule has 176 valence electrons. The number of aryl methyl sites for hydroxylation is 1. The number of nitrogens with zero attached hydrogens (tertiary/aromatic N) is 1. The molecule has 0 aliphatic carbocycles. The highest BCUT2D eigenvalue weighted by Gasteiger charge is 2.39. The van der Waals surface area contributed by atoms with Crippen LogP contribution in [0.3, 0.4) is 0 Å². The molecule has 1 unspecified atom stereocenters. The third-order valence-corrected chi connectivity index (χ3v) is 5.39. The lowest BCUT2D eigenvalue weighted by Gasteiger charge is -2.29. The van der Waals surface area contributed by atoms with Crippen LogP contribution < -0.4 is 9.64 Å². The smallest absolute Gasteiger partial charge is 0.416 e. The van der Waals surface area contributed by atoms with Crippen molar-refractivity contribution >= 4 is 5.69 Å². The van der Waals surface area contributed by atoms with E-state index in [1.807, 2.05) is 49.4 Å². The zero-order valence-corrected chi connectivity index (χ0v) is 18.5. The van der Waals surface area contributed by atoms with Crippen LogP contribution in [0.15, 0.2) is 95.6 Å². The van der Waals surface area contributed by atoms with E-state index in [1.54, 1.807) is 48.7 Å². The molecule has 0 saturated carbocycles. The Morgan fingerprint density at radius 1 is 0.912 bits per heavy atom. The highest BCUT2D eigenvalue weighted by atomic mass is 19.4. The van der Waals surface area contributed by atoms with Gasteiger partial charge in [-0.3, -0.25) is 0 Å². The first-order valence-electron chi connectivity index (χ1n) is 10.8. The van der Waals surface area contributed by atoms with Crippen LogP contribution in [-0.4, -0.2) is 23.9 Å². The van der Waals surface area contributed by atoms with E-state index in [1.165, 1.54) is 4.90 Å². The van der Waals surface area contributed by atoms with Gasteiger partial charge >= 0.3 is 6.18 Å². The molecule has 0 bridgehead atoms. The molecule has 0 amide bonds. The molecular weight excluding hydrogens is 443 g/mol. The summed E-state index contributed by atoms with van der Waals surface area (Å²) in [6, 6.07) is 25.2. The number of alkyl halides is 3. The SMILES string of the molecule is Cc1ccc(CN(CC(O)C(F)(F)F)c2cccc(Oc3ccccc3)c2)cc1-c1ccco1. The van der Waals surface area contributed by atoms with Crippen molar-refractivity contribution in [2.24, 2.45) is 0 Å². The van der Waals surface area contributed by atoms with Crippen LogP contribution >= 0.6 is 0 Å². The van der Waals surface area contributed by atoms with Gasteiger partial charge in [-0.15, -0.1) is 0 Å². The molecule has 7 heteroatoms. The lowest BCUT2D eigenvalue weighted by atomic mass is 10.0. The predicted molar refractivity (Wildman–Crippen MR) is 125 cm³/mol. The molecule has 0 fully saturated rings. The number of anilines is 1. The van der Waals surface area contributed by atoms with E-state index in [0.29, 0.717) is 22.9 Å². The molecular formula is C27H24F3NO3. The number of ether oxygens (including phenoxy) is 1. The first kappa shape index (κ1) is 23.4. The Bertz CT molecular complexity index is 1210. The van der Waals surface area contributed by atoms with Gasteiger partial charge in [-0.05, 0) is 60.5 Å². The Morgan fingerprint density at radius 3 is 2.38 bits per heavy atom. The van der Waals surface area contributed by atoms with Gasteiger partial charge < -0.3 is 19.2 Å². The summed E-state index contributed by atoms with van der Waals surface area (Å²) in [5.74, 6) is 1.78. The van der Waals surface area contributed by atoms with Gasteiger partial charge in [0.15, 0.2) is 6.10 Å². The van der Waals surface area contributed by atoms with Gasteiger partial charge in [-0.2, -0.15) is 13.2 Å². The van der Waals surface area contributed by atoms with Crippen molar-refractivity contribution in [3.8, 4) is 22.8 Å². The molecule has 4 aromatic rings. The number of aliphatic hydroxyl groups is 1. The summed E-state index contributed by atoms with van der Waals surface area (Å²) in [5, 5.41) is 9.84. The molecule has 1 heterocycles. The first-order chi connectivity index (χ1) is 16.3. The van der Waals surface area contributed by atoms with E-state index in [9.17, 15) is 18.3 Å². The fourth-order valence-corrected chi connectivity index (χ4v) is 3.63.